The highest BCUT2D eigenvalue weighted by molar-refractivity contribution is 5.82. The van der Waals surface area contributed by atoms with E-state index in [9.17, 15) is 10.2 Å². The summed E-state index contributed by atoms with van der Waals surface area (Å²) in [4.78, 5) is 12.3. The molecule has 2 bridgehead atoms. The van der Waals surface area contributed by atoms with Gasteiger partial charge in [-0.25, -0.2) is 15.0 Å². The number of aromatic nitrogens is 4. The molecule has 0 spiro atoms. The van der Waals surface area contributed by atoms with Gasteiger partial charge in [-0.2, -0.15) is 0 Å². The Morgan fingerprint density at radius 1 is 1.39 bits per heavy atom. The summed E-state index contributed by atoms with van der Waals surface area (Å²) in [5.41, 5.74) is 6.72. The normalized spacial score (nSPS) is 33.9. The molecule has 0 amide bonds. The molecule has 4 atom stereocenters. The number of anilines is 1. The van der Waals surface area contributed by atoms with Crippen LogP contribution in [0.2, 0.25) is 0 Å². The summed E-state index contributed by atoms with van der Waals surface area (Å²) in [6.45, 7) is 0. The zero-order valence-corrected chi connectivity index (χ0v) is 9.26. The molecule has 94 valence electrons. The van der Waals surface area contributed by atoms with Gasteiger partial charge in [-0.05, 0) is 0 Å². The molecule has 0 saturated carbocycles. The molecule has 4 rings (SSSR count). The van der Waals surface area contributed by atoms with Crippen molar-refractivity contribution >= 4 is 17.0 Å². The summed E-state index contributed by atoms with van der Waals surface area (Å²) in [5.74, 6) is 0.695. The number of hydrogen-bond donors (Lipinski definition) is 3. The van der Waals surface area contributed by atoms with Gasteiger partial charge in [0.2, 0.25) is 0 Å². The first-order chi connectivity index (χ1) is 8.66. The van der Waals surface area contributed by atoms with E-state index in [0.29, 0.717) is 23.4 Å². The topological polar surface area (TPSA) is 119 Å². The maximum Gasteiger partial charge on any atom is 0.167 e. The Morgan fingerprint density at radius 2 is 2.22 bits per heavy atom. The van der Waals surface area contributed by atoms with E-state index in [-0.39, 0.29) is 12.0 Å². The molecule has 8 heteroatoms. The number of aliphatic hydroxyl groups is 2. The van der Waals surface area contributed by atoms with E-state index in [0.717, 1.165) is 0 Å². The molecule has 2 aliphatic rings. The van der Waals surface area contributed by atoms with Crippen LogP contribution in [0.25, 0.3) is 11.2 Å². The maximum atomic E-state index is 10.2. The molecule has 2 aliphatic heterocycles. The van der Waals surface area contributed by atoms with Crippen molar-refractivity contribution in [1.82, 2.24) is 19.5 Å². The number of fused-ring (bicyclic) bond motifs is 6. The minimum absolute atomic E-state index is 0.269. The van der Waals surface area contributed by atoms with Gasteiger partial charge in [0.15, 0.2) is 17.0 Å². The highest BCUT2D eigenvalue weighted by Gasteiger charge is 2.47. The summed E-state index contributed by atoms with van der Waals surface area (Å²) in [6, 6.07) is 0. The lowest BCUT2D eigenvalue weighted by atomic mass is 10.1. The number of nitrogens with zero attached hydrogens (tertiary/aromatic N) is 4. The monoisotopic (exact) mass is 249 g/mol. The van der Waals surface area contributed by atoms with Crippen LogP contribution in [-0.4, -0.2) is 41.9 Å². The molecule has 4 heterocycles. The smallest absolute Gasteiger partial charge is 0.167 e. The summed E-state index contributed by atoms with van der Waals surface area (Å²) < 4.78 is 7.26. The third-order valence-corrected chi connectivity index (χ3v) is 3.53. The average molecular weight is 249 g/mol. The SMILES string of the molecule is Nc1ncnc2c1nc1n2[C@H]2C[C@H](O)[C@H](O2)[C@H]1O. The van der Waals surface area contributed by atoms with E-state index in [1.54, 1.807) is 4.57 Å². The molecule has 4 N–H and O–H groups in total. The third-order valence-electron chi connectivity index (χ3n) is 3.53. The van der Waals surface area contributed by atoms with Crippen molar-refractivity contribution in [2.24, 2.45) is 0 Å². The average Bonchev–Trinajstić information content (AvgIpc) is 2.88. The van der Waals surface area contributed by atoms with Gasteiger partial charge < -0.3 is 20.7 Å². The number of nitrogens with two attached hydrogens (primary N) is 1. The quantitative estimate of drug-likeness (QED) is 0.553. The lowest BCUT2D eigenvalue weighted by Crippen LogP contribution is -2.33. The molecule has 8 nitrogen and oxygen atoms in total. The molecule has 0 radical (unpaired) electrons. The maximum absolute atomic E-state index is 10.2. The van der Waals surface area contributed by atoms with Crippen LogP contribution in [0.3, 0.4) is 0 Å². The molecular formula is C10H11N5O3. The fourth-order valence-corrected chi connectivity index (χ4v) is 2.70. The van der Waals surface area contributed by atoms with E-state index >= 15 is 0 Å². The highest BCUT2D eigenvalue weighted by Crippen LogP contribution is 2.43. The zero-order valence-electron chi connectivity index (χ0n) is 9.26. The van der Waals surface area contributed by atoms with Gasteiger partial charge >= 0.3 is 0 Å². The van der Waals surface area contributed by atoms with Crippen molar-refractivity contribution in [2.45, 2.75) is 31.0 Å². The molecule has 0 unspecified atom stereocenters. The van der Waals surface area contributed by atoms with E-state index in [1.165, 1.54) is 6.33 Å². The molecule has 2 aromatic heterocycles. The van der Waals surface area contributed by atoms with Crippen LogP contribution in [0, 0.1) is 0 Å². The van der Waals surface area contributed by atoms with E-state index in [4.69, 9.17) is 10.5 Å². The lowest BCUT2D eigenvalue weighted by Gasteiger charge is -2.27. The van der Waals surface area contributed by atoms with Crippen LogP contribution in [0.15, 0.2) is 6.33 Å². The van der Waals surface area contributed by atoms with Crippen molar-refractivity contribution in [3.8, 4) is 0 Å². The van der Waals surface area contributed by atoms with Crippen molar-refractivity contribution in [1.29, 1.82) is 0 Å². The minimum atomic E-state index is -0.979. The zero-order chi connectivity index (χ0) is 12.4. The van der Waals surface area contributed by atoms with Crippen LogP contribution in [0.1, 0.15) is 24.6 Å². The second-order valence-corrected chi connectivity index (χ2v) is 4.57. The standard InChI is InChI=1S/C10H11N5O3/c11-8-5-9(13-2-12-8)15-4-1-3(16)7(18-4)6(17)10(15)14-5/h2-4,6-7,16-17H,1H2,(H2,11,12,13)/t3-,4+,6+,7-/m0/s1. The number of aliphatic hydroxyl groups excluding tert-OH is 2. The highest BCUT2D eigenvalue weighted by atomic mass is 16.5. The molecule has 0 aliphatic carbocycles. The molecule has 18 heavy (non-hydrogen) atoms. The molecule has 1 saturated heterocycles. The Hall–Kier alpha value is -1.77. The molecule has 1 fully saturated rings. The minimum Gasteiger partial charge on any atom is -0.390 e. The van der Waals surface area contributed by atoms with Crippen molar-refractivity contribution < 1.29 is 14.9 Å². The van der Waals surface area contributed by atoms with Gasteiger partial charge in [0.1, 0.15) is 30.6 Å². The van der Waals surface area contributed by atoms with Gasteiger partial charge in [0, 0.05) is 6.42 Å². The summed E-state index contributed by atoms with van der Waals surface area (Å²) in [5, 5.41) is 20.0. The Morgan fingerprint density at radius 3 is 3.06 bits per heavy atom. The first kappa shape index (κ1) is 10.2. The number of ether oxygens (including phenoxy) is 1. The number of hydrogen-bond acceptors (Lipinski definition) is 7. The molecule has 2 aromatic rings. The van der Waals surface area contributed by atoms with Gasteiger partial charge in [0.05, 0.1) is 6.10 Å². The summed E-state index contributed by atoms with van der Waals surface area (Å²) in [6.07, 6.45) is -0.912. The Kier molecular flexibility index (Phi) is 1.79. The van der Waals surface area contributed by atoms with Gasteiger partial charge in [-0.1, -0.05) is 0 Å². The van der Waals surface area contributed by atoms with E-state index in [2.05, 4.69) is 15.0 Å². The second-order valence-electron chi connectivity index (χ2n) is 4.57. The lowest BCUT2D eigenvalue weighted by molar-refractivity contribution is -0.110. The first-order valence-corrected chi connectivity index (χ1v) is 5.66. The van der Waals surface area contributed by atoms with Gasteiger partial charge in [0.25, 0.3) is 0 Å². The number of imidazole rings is 1. The van der Waals surface area contributed by atoms with Crippen LogP contribution in [0.4, 0.5) is 5.82 Å². The first-order valence-electron chi connectivity index (χ1n) is 5.66. The molecule has 0 aromatic carbocycles. The second kappa shape index (κ2) is 3.16. The van der Waals surface area contributed by atoms with Gasteiger partial charge in [-0.3, -0.25) is 4.57 Å². The predicted octanol–water partition coefficient (Wildman–Crippen LogP) is -0.896. The predicted molar refractivity (Wildman–Crippen MR) is 59.2 cm³/mol. The Bertz CT molecular complexity index is 642. The number of nitrogen functional groups attached to an aromatic ring is 1. The van der Waals surface area contributed by atoms with Crippen LogP contribution in [0.5, 0.6) is 0 Å². The van der Waals surface area contributed by atoms with E-state index < -0.39 is 18.3 Å². The molecular weight excluding hydrogens is 238 g/mol. The summed E-state index contributed by atoms with van der Waals surface area (Å²) >= 11 is 0. The van der Waals surface area contributed by atoms with Gasteiger partial charge in [-0.15, -0.1) is 0 Å². The van der Waals surface area contributed by atoms with E-state index in [1.807, 2.05) is 0 Å². The Labute approximate surface area is 101 Å². The van der Waals surface area contributed by atoms with Crippen LogP contribution in [-0.2, 0) is 4.74 Å². The van der Waals surface area contributed by atoms with Crippen molar-refractivity contribution in [2.75, 3.05) is 5.73 Å². The fourth-order valence-electron chi connectivity index (χ4n) is 2.70. The Balaban J connectivity index is 2.03. The van der Waals surface area contributed by atoms with Crippen molar-refractivity contribution in [3.63, 3.8) is 0 Å². The number of rotatable bonds is 0. The fraction of sp³-hybridized carbons (Fsp3) is 0.500. The summed E-state index contributed by atoms with van der Waals surface area (Å²) in [7, 11) is 0. The largest absolute Gasteiger partial charge is 0.390 e. The van der Waals surface area contributed by atoms with Crippen LogP contribution < -0.4 is 5.73 Å². The van der Waals surface area contributed by atoms with Crippen LogP contribution >= 0.6 is 0 Å². The van der Waals surface area contributed by atoms with Crippen molar-refractivity contribution in [3.05, 3.63) is 12.2 Å². The third kappa shape index (κ3) is 1.07.